The molecule has 0 aliphatic heterocycles. The summed E-state index contributed by atoms with van der Waals surface area (Å²) in [5.41, 5.74) is -0.753. The molecule has 3 nitrogen and oxygen atoms in total. The first-order valence-electron chi connectivity index (χ1n) is 5.64. The molecule has 0 aliphatic carbocycles. The molecule has 0 saturated heterocycles. The Hall–Kier alpha value is -1.54. The van der Waals surface area contributed by atoms with Gasteiger partial charge in [0.05, 0.1) is 10.5 Å². The summed E-state index contributed by atoms with van der Waals surface area (Å²) in [7, 11) is -4.07. The van der Waals surface area contributed by atoms with Crippen molar-refractivity contribution in [1.82, 2.24) is 0 Å². The number of alkyl halides is 3. The number of nitrogens with one attached hydrogen (secondary N) is 1. The van der Waals surface area contributed by atoms with Gasteiger partial charge in [-0.2, -0.15) is 13.2 Å². The minimum absolute atomic E-state index is 0.260. The molecule has 0 amide bonds. The van der Waals surface area contributed by atoms with Gasteiger partial charge in [-0.1, -0.05) is 22.0 Å². The van der Waals surface area contributed by atoms with Crippen molar-refractivity contribution in [2.75, 3.05) is 4.72 Å². The highest BCUT2D eigenvalue weighted by Crippen LogP contribution is 2.30. The molecular formula is C13H9BrF3NO2S. The van der Waals surface area contributed by atoms with Gasteiger partial charge < -0.3 is 0 Å². The molecule has 0 bridgehead atoms. The molecule has 1 N–H and O–H groups in total. The van der Waals surface area contributed by atoms with Gasteiger partial charge >= 0.3 is 6.18 Å². The Balaban J connectivity index is 2.34. The Morgan fingerprint density at radius 2 is 1.62 bits per heavy atom. The van der Waals surface area contributed by atoms with E-state index in [2.05, 4.69) is 20.7 Å². The third-order valence-corrected chi connectivity index (χ3v) is 4.48. The maximum atomic E-state index is 12.6. The standard InChI is InChI=1S/C13H9BrF3NO2S/c14-10-4-6-11(7-5-10)18-21(19,20)12-3-1-2-9(8-12)13(15,16)17/h1-8,18H. The van der Waals surface area contributed by atoms with Crippen LogP contribution in [0, 0.1) is 0 Å². The average Bonchev–Trinajstić information content (AvgIpc) is 2.40. The van der Waals surface area contributed by atoms with Crippen LogP contribution in [-0.4, -0.2) is 8.42 Å². The lowest BCUT2D eigenvalue weighted by Gasteiger charge is -2.11. The number of hydrogen-bond donors (Lipinski definition) is 1. The fourth-order valence-electron chi connectivity index (χ4n) is 1.57. The second-order valence-corrected chi connectivity index (χ2v) is 6.74. The highest BCUT2D eigenvalue weighted by molar-refractivity contribution is 9.10. The van der Waals surface area contributed by atoms with Crippen molar-refractivity contribution in [2.24, 2.45) is 0 Å². The van der Waals surface area contributed by atoms with Gasteiger partial charge in [0.15, 0.2) is 0 Å². The largest absolute Gasteiger partial charge is 0.416 e. The molecule has 0 saturated carbocycles. The normalized spacial score (nSPS) is 12.2. The number of hydrogen-bond acceptors (Lipinski definition) is 2. The first kappa shape index (κ1) is 15.8. The van der Waals surface area contributed by atoms with Gasteiger partial charge in [0, 0.05) is 10.2 Å². The van der Waals surface area contributed by atoms with E-state index >= 15 is 0 Å². The van der Waals surface area contributed by atoms with Gasteiger partial charge in [0.25, 0.3) is 10.0 Å². The first-order chi connectivity index (χ1) is 9.68. The van der Waals surface area contributed by atoms with Gasteiger partial charge in [-0.3, -0.25) is 4.72 Å². The topological polar surface area (TPSA) is 46.2 Å². The van der Waals surface area contributed by atoms with Crippen molar-refractivity contribution in [3.63, 3.8) is 0 Å². The molecule has 21 heavy (non-hydrogen) atoms. The van der Waals surface area contributed by atoms with E-state index in [1.165, 1.54) is 12.1 Å². The molecule has 2 aromatic rings. The van der Waals surface area contributed by atoms with Crippen LogP contribution in [0.2, 0.25) is 0 Å². The molecule has 0 fully saturated rings. The van der Waals surface area contributed by atoms with Crippen LogP contribution >= 0.6 is 15.9 Å². The molecule has 0 aromatic heterocycles. The fourth-order valence-corrected chi connectivity index (χ4v) is 2.94. The van der Waals surface area contributed by atoms with E-state index in [4.69, 9.17) is 0 Å². The Morgan fingerprint density at radius 1 is 1.00 bits per heavy atom. The summed E-state index contributed by atoms with van der Waals surface area (Å²) < 4.78 is 65.0. The number of sulfonamides is 1. The third kappa shape index (κ3) is 3.98. The molecular weight excluding hydrogens is 371 g/mol. The molecule has 0 radical (unpaired) electrons. The van der Waals surface area contributed by atoms with E-state index in [1.807, 2.05) is 0 Å². The summed E-state index contributed by atoms with van der Waals surface area (Å²) in [5, 5.41) is 0. The predicted octanol–water partition coefficient (Wildman–Crippen LogP) is 4.27. The van der Waals surface area contributed by atoms with Crippen LogP contribution in [0.4, 0.5) is 18.9 Å². The molecule has 8 heteroatoms. The minimum Gasteiger partial charge on any atom is -0.280 e. The van der Waals surface area contributed by atoms with E-state index in [-0.39, 0.29) is 5.69 Å². The third-order valence-electron chi connectivity index (χ3n) is 2.57. The van der Waals surface area contributed by atoms with Crippen molar-refractivity contribution in [1.29, 1.82) is 0 Å². The van der Waals surface area contributed by atoms with Crippen LogP contribution in [0.15, 0.2) is 57.9 Å². The summed E-state index contributed by atoms with van der Waals surface area (Å²) in [6.07, 6.45) is -4.59. The quantitative estimate of drug-likeness (QED) is 0.865. The lowest BCUT2D eigenvalue weighted by molar-refractivity contribution is -0.137. The van der Waals surface area contributed by atoms with Crippen LogP contribution in [-0.2, 0) is 16.2 Å². The summed E-state index contributed by atoms with van der Waals surface area (Å²) in [5.74, 6) is 0. The Bertz CT molecular complexity index is 743. The number of anilines is 1. The Kier molecular flexibility index (Phi) is 4.29. The van der Waals surface area contributed by atoms with Crippen LogP contribution in [0.25, 0.3) is 0 Å². The molecule has 112 valence electrons. The minimum atomic E-state index is -4.59. The fraction of sp³-hybridized carbons (Fsp3) is 0.0769. The van der Waals surface area contributed by atoms with Crippen molar-refractivity contribution < 1.29 is 21.6 Å². The van der Waals surface area contributed by atoms with Crippen LogP contribution in [0.3, 0.4) is 0 Å². The zero-order chi connectivity index (χ0) is 15.7. The lowest BCUT2D eigenvalue weighted by atomic mass is 10.2. The average molecular weight is 380 g/mol. The Morgan fingerprint density at radius 3 is 2.19 bits per heavy atom. The van der Waals surface area contributed by atoms with Crippen LogP contribution in [0.5, 0.6) is 0 Å². The zero-order valence-electron chi connectivity index (χ0n) is 10.4. The smallest absolute Gasteiger partial charge is 0.280 e. The van der Waals surface area contributed by atoms with E-state index < -0.39 is 26.7 Å². The summed E-state index contributed by atoms with van der Waals surface area (Å²) in [6.45, 7) is 0. The summed E-state index contributed by atoms with van der Waals surface area (Å²) in [6, 6.07) is 9.80. The molecule has 2 rings (SSSR count). The zero-order valence-corrected chi connectivity index (χ0v) is 12.8. The molecule has 2 aromatic carbocycles. The van der Waals surface area contributed by atoms with Gasteiger partial charge in [0.2, 0.25) is 0 Å². The molecule has 0 aliphatic rings. The lowest BCUT2D eigenvalue weighted by Crippen LogP contribution is -2.14. The Labute approximate surface area is 128 Å². The van der Waals surface area contributed by atoms with Crippen molar-refractivity contribution >= 4 is 31.6 Å². The maximum Gasteiger partial charge on any atom is 0.416 e. The maximum absolute atomic E-state index is 12.6. The second-order valence-electron chi connectivity index (χ2n) is 4.14. The molecule has 0 atom stereocenters. The van der Waals surface area contributed by atoms with Crippen LogP contribution < -0.4 is 4.72 Å². The number of halogens is 4. The molecule has 0 spiro atoms. The van der Waals surface area contributed by atoms with Crippen molar-refractivity contribution in [3.05, 3.63) is 58.6 Å². The predicted molar refractivity (Wildman–Crippen MR) is 76.4 cm³/mol. The van der Waals surface area contributed by atoms with Gasteiger partial charge in [-0.15, -0.1) is 0 Å². The van der Waals surface area contributed by atoms with E-state index in [0.29, 0.717) is 6.07 Å². The van der Waals surface area contributed by atoms with E-state index in [0.717, 1.165) is 22.7 Å². The van der Waals surface area contributed by atoms with Crippen molar-refractivity contribution in [2.45, 2.75) is 11.1 Å². The second kappa shape index (κ2) is 5.69. The van der Waals surface area contributed by atoms with Gasteiger partial charge in [-0.25, -0.2) is 8.42 Å². The monoisotopic (exact) mass is 379 g/mol. The molecule has 0 heterocycles. The van der Waals surface area contributed by atoms with Crippen LogP contribution in [0.1, 0.15) is 5.56 Å². The summed E-state index contributed by atoms with van der Waals surface area (Å²) in [4.78, 5) is -0.444. The SMILES string of the molecule is O=S(=O)(Nc1ccc(Br)cc1)c1cccc(C(F)(F)F)c1. The summed E-state index contributed by atoms with van der Waals surface area (Å²) >= 11 is 3.20. The van der Waals surface area contributed by atoms with Crippen molar-refractivity contribution in [3.8, 4) is 0 Å². The van der Waals surface area contributed by atoms with Gasteiger partial charge in [0.1, 0.15) is 0 Å². The molecule has 0 unspecified atom stereocenters. The number of benzene rings is 2. The van der Waals surface area contributed by atoms with Gasteiger partial charge in [-0.05, 0) is 42.5 Å². The highest BCUT2D eigenvalue weighted by atomic mass is 79.9. The first-order valence-corrected chi connectivity index (χ1v) is 7.92. The highest BCUT2D eigenvalue weighted by Gasteiger charge is 2.31. The van der Waals surface area contributed by atoms with E-state index in [9.17, 15) is 21.6 Å². The van der Waals surface area contributed by atoms with E-state index in [1.54, 1.807) is 12.1 Å². The number of rotatable bonds is 3.